The molecule has 0 spiro atoms. The van der Waals surface area contributed by atoms with Crippen LogP contribution in [0.5, 0.6) is 0 Å². The molecule has 1 aliphatic heterocycles. The van der Waals surface area contributed by atoms with Gasteiger partial charge in [-0.25, -0.2) is 0 Å². The molecule has 0 radical (unpaired) electrons. The molecule has 9 heteroatoms. The number of aryl methyl sites for hydroxylation is 1. The van der Waals surface area contributed by atoms with Crippen molar-refractivity contribution in [1.29, 1.82) is 0 Å². The second kappa shape index (κ2) is 7.40. The summed E-state index contributed by atoms with van der Waals surface area (Å²) in [6, 6.07) is 8.50. The second-order valence-electron chi connectivity index (χ2n) is 6.37. The molecule has 2 aromatic rings. The topological polar surface area (TPSA) is 119 Å². The molecule has 0 saturated carbocycles. The number of hydrogen-bond acceptors (Lipinski definition) is 6. The van der Waals surface area contributed by atoms with Gasteiger partial charge in [-0.3, -0.25) is 25.0 Å². The number of nitro benzene ring substituents is 2. The zero-order chi connectivity index (χ0) is 19.6. The van der Waals surface area contributed by atoms with Crippen LogP contribution in [-0.2, 0) is 0 Å². The van der Waals surface area contributed by atoms with E-state index in [0.29, 0.717) is 16.9 Å². The van der Waals surface area contributed by atoms with Gasteiger partial charge in [-0.2, -0.15) is 0 Å². The number of amides is 1. The molecule has 1 N–H and O–H groups in total. The van der Waals surface area contributed by atoms with Crippen molar-refractivity contribution < 1.29 is 14.6 Å². The Balaban J connectivity index is 1.89. The summed E-state index contributed by atoms with van der Waals surface area (Å²) < 4.78 is 0. The summed E-state index contributed by atoms with van der Waals surface area (Å²) in [5.74, 6) is -0.560. The third-order valence-electron chi connectivity index (χ3n) is 4.56. The molecule has 0 atom stereocenters. The number of nitro groups is 2. The van der Waals surface area contributed by atoms with E-state index in [1.54, 1.807) is 13.0 Å². The number of non-ortho nitro benzene ring substituents is 1. The van der Waals surface area contributed by atoms with Gasteiger partial charge in [0.25, 0.3) is 17.3 Å². The van der Waals surface area contributed by atoms with Gasteiger partial charge in [0.2, 0.25) is 0 Å². The molecule has 1 heterocycles. The molecule has 0 aliphatic carbocycles. The Morgan fingerprint density at radius 2 is 1.74 bits per heavy atom. The minimum Gasteiger partial charge on any atom is -0.366 e. The van der Waals surface area contributed by atoms with Crippen molar-refractivity contribution in [2.45, 2.75) is 19.8 Å². The largest absolute Gasteiger partial charge is 0.366 e. The summed E-state index contributed by atoms with van der Waals surface area (Å²) in [6.07, 6.45) is 1.96. The minimum absolute atomic E-state index is 0.121. The summed E-state index contributed by atoms with van der Waals surface area (Å²) in [6.45, 7) is 3.21. The van der Waals surface area contributed by atoms with Crippen LogP contribution >= 0.6 is 0 Å². The van der Waals surface area contributed by atoms with Crippen LogP contribution in [0.3, 0.4) is 0 Å². The highest BCUT2D eigenvalue weighted by atomic mass is 16.6. The predicted molar refractivity (Wildman–Crippen MR) is 100 cm³/mol. The van der Waals surface area contributed by atoms with Gasteiger partial charge >= 0.3 is 0 Å². The van der Waals surface area contributed by atoms with Gasteiger partial charge in [-0.15, -0.1) is 0 Å². The molecule has 1 saturated heterocycles. The van der Waals surface area contributed by atoms with Crippen LogP contribution in [0, 0.1) is 27.2 Å². The normalized spacial score (nSPS) is 13.4. The Morgan fingerprint density at radius 3 is 2.37 bits per heavy atom. The summed E-state index contributed by atoms with van der Waals surface area (Å²) in [4.78, 5) is 35.8. The predicted octanol–water partition coefficient (Wildman–Crippen LogP) is 3.66. The molecule has 0 unspecified atom stereocenters. The van der Waals surface area contributed by atoms with Crippen LogP contribution < -0.4 is 10.2 Å². The average Bonchev–Trinajstić information content (AvgIpc) is 3.17. The Kier molecular flexibility index (Phi) is 5.02. The fourth-order valence-electron chi connectivity index (χ4n) is 3.09. The Hall–Kier alpha value is -3.49. The van der Waals surface area contributed by atoms with Crippen molar-refractivity contribution in [3.63, 3.8) is 0 Å². The number of rotatable bonds is 5. The summed E-state index contributed by atoms with van der Waals surface area (Å²) in [5.41, 5.74) is 1.29. The molecule has 9 nitrogen and oxygen atoms in total. The lowest BCUT2D eigenvalue weighted by atomic mass is 10.1. The Morgan fingerprint density at radius 1 is 1.04 bits per heavy atom. The van der Waals surface area contributed by atoms with E-state index in [0.717, 1.165) is 25.9 Å². The Labute approximate surface area is 154 Å². The fourth-order valence-corrected chi connectivity index (χ4v) is 3.09. The molecule has 0 bridgehead atoms. The van der Waals surface area contributed by atoms with Gasteiger partial charge in [-0.05, 0) is 37.5 Å². The van der Waals surface area contributed by atoms with Crippen molar-refractivity contribution in [1.82, 2.24) is 0 Å². The van der Waals surface area contributed by atoms with Crippen molar-refractivity contribution in [3.05, 3.63) is 67.8 Å². The maximum absolute atomic E-state index is 12.5. The highest BCUT2D eigenvalue weighted by Gasteiger charge is 2.24. The number of benzene rings is 2. The van der Waals surface area contributed by atoms with Crippen molar-refractivity contribution in [2.24, 2.45) is 0 Å². The molecular weight excluding hydrogens is 352 g/mol. The maximum Gasteiger partial charge on any atom is 0.293 e. The molecule has 3 rings (SSSR count). The van der Waals surface area contributed by atoms with Gasteiger partial charge in [0.1, 0.15) is 5.69 Å². The number of anilines is 2. The molecule has 1 amide bonds. The standard InChI is InChI=1S/C18H18N4O5/c1-12-4-6-14(21(24)25)11-15(12)19-18(23)13-5-7-16(17(10-13)22(26)27)20-8-2-3-9-20/h4-7,10-11H,2-3,8-9H2,1H3,(H,19,23). The van der Waals surface area contributed by atoms with Crippen molar-refractivity contribution >= 4 is 28.7 Å². The number of nitrogens with zero attached hydrogens (tertiary/aromatic N) is 3. The lowest BCUT2D eigenvalue weighted by Crippen LogP contribution is -2.20. The summed E-state index contributed by atoms with van der Waals surface area (Å²) in [7, 11) is 0. The van der Waals surface area contributed by atoms with Crippen LogP contribution in [0.25, 0.3) is 0 Å². The van der Waals surface area contributed by atoms with E-state index < -0.39 is 15.8 Å². The zero-order valence-corrected chi connectivity index (χ0v) is 14.7. The van der Waals surface area contributed by atoms with Gasteiger partial charge in [0.15, 0.2) is 0 Å². The molecular formula is C18H18N4O5. The Bertz CT molecular complexity index is 922. The molecule has 1 fully saturated rings. The first kappa shape index (κ1) is 18.3. The number of carbonyl (C=O) groups is 1. The van der Waals surface area contributed by atoms with Gasteiger partial charge < -0.3 is 10.2 Å². The SMILES string of the molecule is Cc1ccc([N+](=O)[O-])cc1NC(=O)c1ccc(N2CCCC2)c([N+](=O)[O-])c1. The fraction of sp³-hybridized carbons (Fsp3) is 0.278. The zero-order valence-electron chi connectivity index (χ0n) is 14.7. The van der Waals surface area contributed by atoms with Crippen LogP contribution in [0.2, 0.25) is 0 Å². The number of nitrogens with one attached hydrogen (secondary N) is 1. The molecule has 1 aliphatic rings. The first-order chi connectivity index (χ1) is 12.9. The first-order valence-corrected chi connectivity index (χ1v) is 8.46. The highest BCUT2D eigenvalue weighted by Crippen LogP contribution is 2.32. The van der Waals surface area contributed by atoms with E-state index in [4.69, 9.17) is 0 Å². The highest BCUT2D eigenvalue weighted by molar-refractivity contribution is 6.05. The van der Waals surface area contributed by atoms with Crippen molar-refractivity contribution in [2.75, 3.05) is 23.3 Å². The van der Waals surface area contributed by atoms with Crippen LogP contribution in [-0.4, -0.2) is 28.8 Å². The maximum atomic E-state index is 12.5. The molecule has 27 heavy (non-hydrogen) atoms. The van der Waals surface area contributed by atoms with Crippen molar-refractivity contribution in [3.8, 4) is 0 Å². The van der Waals surface area contributed by atoms with Crippen LogP contribution in [0.15, 0.2) is 36.4 Å². The van der Waals surface area contributed by atoms with Crippen LogP contribution in [0.1, 0.15) is 28.8 Å². The van der Waals surface area contributed by atoms with E-state index in [1.807, 2.05) is 4.90 Å². The first-order valence-electron chi connectivity index (χ1n) is 8.46. The second-order valence-corrected chi connectivity index (χ2v) is 6.37. The third kappa shape index (κ3) is 3.86. The molecule has 2 aromatic carbocycles. The smallest absolute Gasteiger partial charge is 0.293 e. The van der Waals surface area contributed by atoms with Crippen LogP contribution in [0.4, 0.5) is 22.7 Å². The van der Waals surface area contributed by atoms with Gasteiger partial charge in [0.05, 0.1) is 15.5 Å². The lowest BCUT2D eigenvalue weighted by Gasteiger charge is -2.18. The average molecular weight is 370 g/mol. The van der Waals surface area contributed by atoms with E-state index in [2.05, 4.69) is 5.32 Å². The summed E-state index contributed by atoms with van der Waals surface area (Å²) in [5, 5.41) is 25.0. The summed E-state index contributed by atoms with van der Waals surface area (Å²) >= 11 is 0. The van der Waals surface area contributed by atoms with E-state index in [-0.39, 0.29) is 16.9 Å². The van der Waals surface area contributed by atoms with E-state index >= 15 is 0 Å². The number of carbonyl (C=O) groups excluding carboxylic acids is 1. The minimum atomic E-state index is -0.560. The molecule has 0 aromatic heterocycles. The molecule has 140 valence electrons. The number of hydrogen-bond donors (Lipinski definition) is 1. The quantitative estimate of drug-likeness (QED) is 0.634. The third-order valence-corrected chi connectivity index (χ3v) is 4.56. The van der Waals surface area contributed by atoms with E-state index in [9.17, 15) is 25.0 Å². The van der Waals surface area contributed by atoms with Gasteiger partial charge in [-0.1, -0.05) is 6.07 Å². The van der Waals surface area contributed by atoms with Gasteiger partial charge in [0, 0.05) is 36.9 Å². The monoisotopic (exact) mass is 370 g/mol. The van der Waals surface area contributed by atoms with E-state index in [1.165, 1.54) is 30.3 Å². The lowest BCUT2D eigenvalue weighted by molar-refractivity contribution is -0.384.